The second kappa shape index (κ2) is 8.47. The minimum Gasteiger partial charge on any atom is -0.353 e. The summed E-state index contributed by atoms with van der Waals surface area (Å²) in [7, 11) is -3.00. The summed E-state index contributed by atoms with van der Waals surface area (Å²) >= 11 is 0. The third-order valence-corrected chi connectivity index (χ3v) is 7.43. The minimum atomic E-state index is -3.00. The summed E-state index contributed by atoms with van der Waals surface area (Å²) in [6, 6.07) is 0.355. The number of sulfone groups is 1. The number of carbonyl (C=O) groups excluding carboxylic acids is 1. The fourth-order valence-corrected chi connectivity index (χ4v) is 4.51. The Hall–Kier alpha value is -0.620. The van der Waals surface area contributed by atoms with Crippen molar-refractivity contribution < 1.29 is 13.2 Å². The van der Waals surface area contributed by atoms with E-state index in [1.54, 1.807) is 13.8 Å². The monoisotopic (exact) mass is 344 g/mol. The van der Waals surface area contributed by atoms with Crippen molar-refractivity contribution in [3.63, 3.8) is 0 Å². The summed E-state index contributed by atoms with van der Waals surface area (Å²) in [6.45, 7) is 5.61. The molecule has 1 aliphatic carbocycles. The molecule has 6 heteroatoms. The first kappa shape index (κ1) is 18.7. The standard InChI is InChI=1S/C17H32N2O3S/c1-14(2)23(21,22)12-11-19-10-6-7-15(13-19)17(20)18-16-8-4-3-5-9-16/h14-16H,3-13H2,1-2H3,(H,18,20)/t15-/m1/s1. The van der Waals surface area contributed by atoms with E-state index in [-0.39, 0.29) is 22.8 Å². The molecule has 1 N–H and O–H groups in total. The van der Waals surface area contributed by atoms with E-state index < -0.39 is 9.84 Å². The van der Waals surface area contributed by atoms with Crippen molar-refractivity contribution in [2.45, 2.75) is 70.1 Å². The van der Waals surface area contributed by atoms with Gasteiger partial charge in [-0.2, -0.15) is 0 Å². The first-order chi connectivity index (χ1) is 10.9. The third-order valence-electron chi connectivity index (χ3n) is 5.24. The van der Waals surface area contributed by atoms with E-state index in [9.17, 15) is 13.2 Å². The topological polar surface area (TPSA) is 66.5 Å². The van der Waals surface area contributed by atoms with Crippen LogP contribution in [0.5, 0.6) is 0 Å². The molecule has 1 amide bonds. The van der Waals surface area contributed by atoms with Crippen molar-refractivity contribution in [3.05, 3.63) is 0 Å². The average Bonchev–Trinajstić information content (AvgIpc) is 2.54. The molecule has 1 saturated heterocycles. The SMILES string of the molecule is CC(C)S(=O)(=O)CCN1CCC[C@@H](C(=O)NC2CCCCC2)C1. The van der Waals surface area contributed by atoms with Crippen molar-refractivity contribution in [1.29, 1.82) is 0 Å². The second-order valence-corrected chi connectivity index (χ2v) is 10.1. The largest absolute Gasteiger partial charge is 0.353 e. The average molecular weight is 345 g/mol. The highest BCUT2D eigenvalue weighted by Gasteiger charge is 2.28. The van der Waals surface area contributed by atoms with Crippen LogP contribution in [0, 0.1) is 5.92 Å². The van der Waals surface area contributed by atoms with Crippen LogP contribution in [0.3, 0.4) is 0 Å². The van der Waals surface area contributed by atoms with Gasteiger partial charge in [-0.25, -0.2) is 8.42 Å². The van der Waals surface area contributed by atoms with Gasteiger partial charge in [0.25, 0.3) is 0 Å². The number of carbonyl (C=O) groups is 1. The highest BCUT2D eigenvalue weighted by atomic mass is 32.2. The molecule has 0 radical (unpaired) electrons. The van der Waals surface area contributed by atoms with Crippen LogP contribution in [0.2, 0.25) is 0 Å². The van der Waals surface area contributed by atoms with Gasteiger partial charge in [-0.05, 0) is 46.1 Å². The van der Waals surface area contributed by atoms with Gasteiger partial charge in [-0.3, -0.25) is 4.79 Å². The molecule has 0 bridgehead atoms. The molecule has 2 rings (SSSR count). The summed E-state index contributed by atoms with van der Waals surface area (Å²) in [5.41, 5.74) is 0. The molecule has 2 aliphatic rings. The predicted molar refractivity (Wildman–Crippen MR) is 93.1 cm³/mol. The first-order valence-electron chi connectivity index (χ1n) is 9.13. The van der Waals surface area contributed by atoms with Gasteiger partial charge in [-0.15, -0.1) is 0 Å². The van der Waals surface area contributed by atoms with Crippen molar-refractivity contribution in [3.8, 4) is 0 Å². The predicted octanol–water partition coefficient (Wildman–Crippen LogP) is 1.97. The van der Waals surface area contributed by atoms with Crippen molar-refractivity contribution in [2.75, 3.05) is 25.4 Å². The van der Waals surface area contributed by atoms with E-state index >= 15 is 0 Å². The molecule has 0 aromatic rings. The summed E-state index contributed by atoms with van der Waals surface area (Å²) in [6.07, 6.45) is 7.83. The van der Waals surface area contributed by atoms with E-state index in [1.165, 1.54) is 19.3 Å². The van der Waals surface area contributed by atoms with Crippen LogP contribution in [0.15, 0.2) is 0 Å². The molecule has 2 fully saturated rings. The highest BCUT2D eigenvalue weighted by Crippen LogP contribution is 2.20. The van der Waals surface area contributed by atoms with Gasteiger partial charge < -0.3 is 10.2 Å². The molecule has 1 atom stereocenters. The minimum absolute atomic E-state index is 0.0208. The fraction of sp³-hybridized carbons (Fsp3) is 0.941. The Balaban J connectivity index is 1.79. The Bertz CT molecular complexity index is 484. The maximum atomic E-state index is 12.5. The molecule has 134 valence electrons. The second-order valence-electron chi connectivity index (χ2n) is 7.40. The zero-order chi connectivity index (χ0) is 16.9. The summed E-state index contributed by atoms with van der Waals surface area (Å²) in [5, 5.41) is 2.89. The molecule has 1 heterocycles. The number of nitrogens with one attached hydrogen (secondary N) is 1. The van der Waals surface area contributed by atoms with Gasteiger partial charge in [0.15, 0.2) is 9.84 Å². The van der Waals surface area contributed by atoms with E-state index in [4.69, 9.17) is 0 Å². The highest BCUT2D eigenvalue weighted by molar-refractivity contribution is 7.92. The molecule has 0 spiro atoms. The smallest absolute Gasteiger partial charge is 0.224 e. The van der Waals surface area contributed by atoms with Crippen LogP contribution in [0.1, 0.15) is 58.8 Å². The zero-order valence-electron chi connectivity index (χ0n) is 14.6. The maximum Gasteiger partial charge on any atom is 0.224 e. The fourth-order valence-electron chi connectivity index (χ4n) is 3.53. The molecular formula is C17H32N2O3S. The number of likely N-dealkylation sites (tertiary alicyclic amines) is 1. The van der Waals surface area contributed by atoms with Gasteiger partial charge >= 0.3 is 0 Å². The number of rotatable bonds is 6. The quantitative estimate of drug-likeness (QED) is 0.800. The maximum absolute atomic E-state index is 12.5. The lowest BCUT2D eigenvalue weighted by molar-refractivity contribution is -0.127. The molecule has 23 heavy (non-hydrogen) atoms. The molecule has 5 nitrogen and oxygen atoms in total. The summed E-state index contributed by atoms with van der Waals surface area (Å²) < 4.78 is 23.9. The Morgan fingerprint density at radius 3 is 2.48 bits per heavy atom. The van der Waals surface area contributed by atoms with Crippen LogP contribution in [0.4, 0.5) is 0 Å². The third kappa shape index (κ3) is 5.75. The van der Waals surface area contributed by atoms with Crippen molar-refractivity contribution in [1.82, 2.24) is 10.2 Å². The molecule has 1 aliphatic heterocycles. The normalized spacial score (nSPS) is 24.7. The van der Waals surface area contributed by atoms with E-state index in [2.05, 4.69) is 10.2 Å². The van der Waals surface area contributed by atoms with Crippen LogP contribution in [-0.2, 0) is 14.6 Å². The summed E-state index contributed by atoms with van der Waals surface area (Å²) in [5.74, 6) is 0.391. The number of hydrogen-bond donors (Lipinski definition) is 1. The van der Waals surface area contributed by atoms with Gasteiger partial charge in [0.2, 0.25) is 5.91 Å². The summed E-state index contributed by atoms with van der Waals surface area (Å²) in [4.78, 5) is 14.6. The van der Waals surface area contributed by atoms with Crippen molar-refractivity contribution >= 4 is 15.7 Å². The lowest BCUT2D eigenvalue weighted by atomic mass is 9.93. The van der Waals surface area contributed by atoms with Crippen LogP contribution >= 0.6 is 0 Å². The molecular weight excluding hydrogens is 312 g/mol. The Morgan fingerprint density at radius 2 is 1.83 bits per heavy atom. The van der Waals surface area contributed by atoms with Crippen LogP contribution in [0.25, 0.3) is 0 Å². The van der Waals surface area contributed by atoms with Gasteiger partial charge in [0.05, 0.1) is 16.9 Å². The van der Waals surface area contributed by atoms with Crippen molar-refractivity contribution in [2.24, 2.45) is 5.92 Å². The Labute approximate surface area is 141 Å². The van der Waals surface area contributed by atoms with Gasteiger partial charge in [0.1, 0.15) is 0 Å². The molecule has 0 unspecified atom stereocenters. The van der Waals surface area contributed by atoms with E-state index in [0.29, 0.717) is 19.1 Å². The molecule has 0 aromatic heterocycles. The Kier molecular flexibility index (Phi) is 6.89. The number of nitrogens with zero attached hydrogens (tertiary/aromatic N) is 1. The molecule has 1 saturated carbocycles. The number of piperidine rings is 1. The van der Waals surface area contributed by atoms with E-state index in [0.717, 1.165) is 32.2 Å². The molecule has 0 aromatic carbocycles. The van der Waals surface area contributed by atoms with Crippen LogP contribution in [-0.4, -0.2) is 55.9 Å². The Morgan fingerprint density at radius 1 is 1.13 bits per heavy atom. The van der Waals surface area contributed by atoms with Gasteiger partial charge in [0, 0.05) is 19.1 Å². The van der Waals surface area contributed by atoms with E-state index in [1.807, 2.05) is 0 Å². The van der Waals surface area contributed by atoms with Crippen LogP contribution < -0.4 is 5.32 Å². The lowest BCUT2D eigenvalue weighted by Gasteiger charge is -2.33. The number of amides is 1. The zero-order valence-corrected chi connectivity index (χ0v) is 15.4. The lowest BCUT2D eigenvalue weighted by Crippen LogP contribution is -2.47. The first-order valence-corrected chi connectivity index (χ1v) is 10.8. The van der Waals surface area contributed by atoms with Gasteiger partial charge in [-0.1, -0.05) is 19.3 Å². The number of hydrogen-bond acceptors (Lipinski definition) is 4.